The van der Waals surface area contributed by atoms with Gasteiger partial charge in [-0.2, -0.15) is 0 Å². The number of aromatic nitrogens is 1. The third kappa shape index (κ3) is 2.33. The molecule has 0 fully saturated rings. The average Bonchev–Trinajstić information content (AvgIpc) is 2.36. The van der Waals surface area contributed by atoms with Crippen molar-refractivity contribution in [1.82, 2.24) is 4.98 Å². The lowest BCUT2D eigenvalue weighted by Crippen LogP contribution is -2.02. The number of hydrogen-bond donors (Lipinski definition) is 1. The number of benzene rings is 1. The summed E-state index contributed by atoms with van der Waals surface area (Å²) >= 11 is 0. The zero-order chi connectivity index (χ0) is 12.3. The van der Waals surface area contributed by atoms with Gasteiger partial charge < -0.3 is 9.72 Å². The lowest BCUT2D eigenvalue weighted by Gasteiger charge is -2.09. The molecule has 0 amide bonds. The van der Waals surface area contributed by atoms with Gasteiger partial charge in [0.15, 0.2) is 5.43 Å². The number of aromatic amines is 1. The van der Waals surface area contributed by atoms with Gasteiger partial charge in [-0.1, -0.05) is 13.3 Å². The van der Waals surface area contributed by atoms with Gasteiger partial charge in [-0.05, 0) is 24.5 Å². The Bertz CT molecular complexity index is 572. The first-order valence-corrected chi connectivity index (χ1v) is 5.94. The van der Waals surface area contributed by atoms with Crippen LogP contribution in [0.25, 0.3) is 10.9 Å². The molecule has 3 nitrogen and oxygen atoms in total. The lowest BCUT2D eigenvalue weighted by molar-refractivity contribution is 0.409. The lowest BCUT2D eigenvalue weighted by atomic mass is 10.0. The summed E-state index contributed by atoms with van der Waals surface area (Å²) in [7, 11) is 1.66. The molecule has 0 saturated carbocycles. The van der Waals surface area contributed by atoms with E-state index in [1.807, 2.05) is 12.1 Å². The van der Waals surface area contributed by atoms with Gasteiger partial charge in [0.1, 0.15) is 5.75 Å². The van der Waals surface area contributed by atoms with Gasteiger partial charge in [0.2, 0.25) is 0 Å². The van der Waals surface area contributed by atoms with Crippen LogP contribution >= 0.6 is 0 Å². The summed E-state index contributed by atoms with van der Waals surface area (Å²) < 4.78 is 5.37. The second kappa shape index (κ2) is 5.04. The van der Waals surface area contributed by atoms with E-state index in [1.165, 1.54) is 0 Å². The Balaban J connectivity index is 2.57. The number of H-pyrrole nitrogens is 1. The van der Waals surface area contributed by atoms with Crippen LogP contribution in [0.15, 0.2) is 29.2 Å². The van der Waals surface area contributed by atoms with Gasteiger partial charge >= 0.3 is 0 Å². The van der Waals surface area contributed by atoms with Crippen LogP contribution in [0.4, 0.5) is 0 Å². The zero-order valence-corrected chi connectivity index (χ0v) is 10.2. The number of nitrogens with one attached hydrogen (secondary N) is 1. The molecule has 0 bridgehead atoms. The minimum absolute atomic E-state index is 0.0548. The minimum Gasteiger partial charge on any atom is -0.496 e. The summed E-state index contributed by atoms with van der Waals surface area (Å²) in [5.41, 5.74) is 1.99. The van der Waals surface area contributed by atoms with Crippen molar-refractivity contribution in [3.8, 4) is 5.75 Å². The molecule has 0 unspecified atom stereocenters. The summed E-state index contributed by atoms with van der Waals surface area (Å²) in [6.45, 7) is 2.15. The molecule has 1 aromatic heterocycles. The quantitative estimate of drug-likeness (QED) is 0.879. The maximum absolute atomic E-state index is 11.7. The molecule has 0 saturated heterocycles. The molecule has 1 aromatic carbocycles. The molecule has 0 aliphatic carbocycles. The molecule has 0 aliphatic heterocycles. The highest BCUT2D eigenvalue weighted by Crippen LogP contribution is 2.24. The highest BCUT2D eigenvalue weighted by molar-refractivity contribution is 5.81. The van der Waals surface area contributed by atoms with Crippen LogP contribution in [-0.2, 0) is 6.42 Å². The largest absolute Gasteiger partial charge is 0.496 e. The summed E-state index contributed by atoms with van der Waals surface area (Å²) in [5, 5.41) is 0.736. The van der Waals surface area contributed by atoms with Crippen LogP contribution in [0.1, 0.15) is 25.3 Å². The van der Waals surface area contributed by atoms with Crippen molar-refractivity contribution in [1.29, 1.82) is 0 Å². The van der Waals surface area contributed by atoms with E-state index in [0.717, 1.165) is 41.5 Å². The molecule has 17 heavy (non-hydrogen) atoms. The second-order valence-corrected chi connectivity index (χ2v) is 4.16. The van der Waals surface area contributed by atoms with E-state index in [-0.39, 0.29) is 5.43 Å². The van der Waals surface area contributed by atoms with Crippen molar-refractivity contribution in [2.75, 3.05) is 7.11 Å². The molecule has 2 rings (SSSR count). The Morgan fingerprint density at radius 1 is 1.35 bits per heavy atom. The van der Waals surface area contributed by atoms with E-state index in [1.54, 1.807) is 19.4 Å². The minimum atomic E-state index is 0.0548. The first-order chi connectivity index (χ1) is 8.26. The van der Waals surface area contributed by atoms with E-state index in [4.69, 9.17) is 4.74 Å². The SMILES string of the molecule is CCCCc1cc2c(=O)cc[nH]c2cc1OC. The van der Waals surface area contributed by atoms with Gasteiger partial charge in [-0.15, -0.1) is 0 Å². The van der Waals surface area contributed by atoms with E-state index in [2.05, 4.69) is 11.9 Å². The van der Waals surface area contributed by atoms with Gasteiger partial charge in [0.25, 0.3) is 0 Å². The number of hydrogen-bond acceptors (Lipinski definition) is 2. The average molecular weight is 231 g/mol. The monoisotopic (exact) mass is 231 g/mol. The fraction of sp³-hybridized carbons (Fsp3) is 0.357. The third-order valence-corrected chi connectivity index (χ3v) is 2.96. The van der Waals surface area contributed by atoms with Crippen molar-refractivity contribution < 1.29 is 4.74 Å². The number of rotatable bonds is 4. The van der Waals surface area contributed by atoms with E-state index in [9.17, 15) is 4.79 Å². The Labute approximate surface area is 100 Å². The first-order valence-electron chi connectivity index (χ1n) is 5.94. The highest BCUT2D eigenvalue weighted by atomic mass is 16.5. The molecule has 1 N–H and O–H groups in total. The van der Waals surface area contributed by atoms with Crippen LogP contribution in [-0.4, -0.2) is 12.1 Å². The summed E-state index contributed by atoms with van der Waals surface area (Å²) in [6.07, 6.45) is 4.85. The Morgan fingerprint density at radius 2 is 2.18 bits per heavy atom. The molecule has 3 heteroatoms. The number of ether oxygens (including phenoxy) is 1. The molecule has 90 valence electrons. The van der Waals surface area contributed by atoms with Crippen LogP contribution in [0.5, 0.6) is 5.75 Å². The summed E-state index contributed by atoms with van der Waals surface area (Å²) in [6, 6.07) is 5.41. The van der Waals surface area contributed by atoms with Crippen molar-refractivity contribution >= 4 is 10.9 Å². The van der Waals surface area contributed by atoms with Crippen molar-refractivity contribution in [2.24, 2.45) is 0 Å². The topological polar surface area (TPSA) is 42.1 Å². The number of aryl methyl sites for hydroxylation is 1. The maximum atomic E-state index is 11.7. The number of fused-ring (bicyclic) bond motifs is 1. The molecule has 0 atom stereocenters. The van der Waals surface area contributed by atoms with Crippen molar-refractivity contribution in [3.63, 3.8) is 0 Å². The van der Waals surface area contributed by atoms with Gasteiger partial charge in [0.05, 0.1) is 12.6 Å². The van der Waals surface area contributed by atoms with Crippen LogP contribution in [0.2, 0.25) is 0 Å². The molecule has 0 aliphatic rings. The normalized spacial score (nSPS) is 10.7. The number of pyridine rings is 1. The van der Waals surface area contributed by atoms with Gasteiger partial charge in [0, 0.05) is 23.7 Å². The van der Waals surface area contributed by atoms with Crippen molar-refractivity contribution in [3.05, 3.63) is 40.2 Å². The second-order valence-electron chi connectivity index (χ2n) is 4.16. The summed E-state index contributed by atoms with van der Waals surface area (Å²) in [5.74, 6) is 0.854. The molecule has 2 aromatic rings. The molecule has 1 heterocycles. The molecular formula is C14H17NO2. The van der Waals surface area contributed by atoms with Gasteiger partial charge in [-0.3, -0.25) is 4.79 Å². The smallest absolute Gasteiger partial charge is 0.189 e. The Hall–Kier alpha value is -1.77. The van der Waals surface area contributed by atoms with Crippen molar-refractivity contribution in [2.45, 2.75) is 26.2 Å². The Kier molecular flexibility index (Phi) is 3.47. The predicted molar refractivity (Wildman–Crippen MR) is 69.7 cm³/mol. The summed E-state index contributed by atoms with van der Waals surface area (Å²) in [4.78, 5) is 14.8. The predicted octanol–water partition coefficient (Wildman–Crippen LogP) is 2.88. The van der Waals surface area contributed by atoms with E-state index >= 15 is 0 Å². The van der Waals surface area contributed by atoms with Gasteiger partial charge in [-0.25, -0.2) is 0 Å². The molecule has 0 radical (unpaired) electrons. The zero-order valence-electron chi connectivity index (χ0n) is 10.2. The van der Waals surface area contributed by atoms with Crippen LogP contribution < -0.4 is 10.2 Å². The standard InChI is InChI=1S/C14H17NO2/c1-3-4-5-10-8-11-12(9-14(10)17-2)15-7-6-13(11)16/h6-9H,3-5H2,1-2H3,(H,15,16). The molecule has 0 spiro atoms. The van der Waals surface area contributed by atoms with Crippen LogP contribution in [0, 0.1) is 0 Å². The molecular weight excluding hydrogens is 214 g/mol. The number of unbranched alkanes of at least 4 members (excludes halogenated alkanes) is 1. The van der Waals surface area contributed by atoms with E-state index in [0.29, 0.717) is 0 Å². The van der Waals surface area contributed by atoms with E-state index < -0.39 is 0 Å². The Morgan fingerprint density at radius 3 is 2.88 bits per heavy atom. The number of methoxy groups -OCH3 is 1. The maximum Gasteiger partial charge on any atom is 0.189 e. The first kappa shape index (κ1) is 11.7. The fourth-order valence-corrected chi connectivity index (χ4v) is 2.00. The van der Waals surface area contributed by atoms with Crippen LogP contribution in [0.3, 0.4) is 0 Å². The fourth-order valence-electron chi connectivity index (χ4n) is 2.00. The third-order valence-electron chi connectivity index (χ3n) is 2.96. The highest BCUT2D eigenvalue weighted by Gasteiger charge is 2.07.